The minimum atomic E-state index is -4.69. The van der Waals surface area contributed by atoms with Crippen molar-refractivity contribution in [2.45, 2.75) is 38.5 Å². The van der Waals surface area contributed by atoms with Gasteiger partial charge in [-0.1, -0.05) is 24.3 Å². The summed E-state index contributed by atoms with van der Waals surface area (Å²) in [5.41, 5.74) is 0.566. The first-order valence-corrected chi connectivity index (χ1v) is 11.1. The van der Waals surface area contributed by atoms with Gasteiger partial charge < -0.3 is 9.47 Å². The molecule has 1 amide bonds. The van der Waals surface area contributed by atoms with E-state index in [9.17, 15) is 27.2 Å². The molecule has 3 heterocycles. The topological polar surface area (TPSA) is 96.8 Å². The number of nitrogens with one attached hydrogen (secondary N) is 1. The van der Waals surface area contributed by atoms with Crippen LogP contribution in [0.25, 0.3) is 10.8 Å². The Kier molecular flexibility index (Phi) is 5.61. The van der Waals surface area contributed by atoms with Gasteiger partial charge in [-0.05, 0) is 37.6 Å². The third kappa shape index (κ3) is 3.91. The van der Waals surface area contributed by atoms with E-state index in [0.29, 0.717) is 22.0 Å². The molecule has 0 radical (unpaired) electrons. The minimum absolute atomic E-state index is 0.0186. The second kappa shape index (κ2) is 8.54. The Hall–Kier alpha value is -4.09. The zero-order valence-corrected chi connectivity index (χ0v) is 19.2. The number of amides is 1. The van der Waals surface area contributed by atoms with E-state index in [2.05, 4.69) is 20.4 Å². The van der Waals surface area contributed by atoms with E-state index in [1.54, 1.807) is 24.3 Å². The van der Waals surface area contributed by atoms with Gasteiger partial charge in [0.2, 0.25) is 5.82 Å². The second-order valence-corrected chi connectivity index (χ2v) is 8.77. The summed E-state index contributed by atoms with van der Waals surface area (Å²) in [7, 11) is 0. The van der Waals surface area contributed by atoms with E-state index in [0.717, 1.165) is 4.57 Å². The maximum absolute atomic E-state index is 14.8. The molecule has 0 saturated heterocycles. The molecule has 2 atom stereocenters. The molecule has 0 bridgehead atoms. The molecule has 0 fully saturated rings. The predicted octanol–water partition coefficient (Wildman–Crippen LogP) is 4.04. The van der Waals surface area contributed by atoms with Crippen molar-refractivity contribution >= 4 is 16.7 Å². The highest BCUT2D eigenvalue weighted by atomic mass is 19.4. The Bertz CT molecular complexity index is 1540. The summed E-state index contributed by atoms with van der Waals surface area (Å²) in [4.78, 5) is 26.7. The number of benzene rings is 2. The van der Waals surface area contributed by atoms with Crippen molar-refractivity contribution in [1.29, 1.82) is 0 Å². The van der Waals surface area contributed by atoms with Crippen LogP contribution in [0.2, 0.25) is 0 Å². The van der Waals surface area contributed by atoms with Gasteiger partial charge in [0.05, 0.1) is 28.7 Å². The number of halogens is 4. The average molecular weight is 500 g/mol. The van der Waals surface area contributed by atoms with Gasteiger partial charge in [-0.15, -0.1) is 10.2 Å². The van der Waals surface area contributed by atoms with Crippen LogP contribution in [-0.4, -0.2) is 42.3 Å². The van der Waals surface area contributed by atoms with Crippen LogP contribution < -0.4 is 5.56 Å². The van der Waals surface area contributed by atoms with Crippen molar-refractivity contribution in [3.8, 4) is 0 Å². The molecule has 0 spiro atoms. The molecule has 2 aromatic heterocycles. The zero-order valence-electron chi connectivity index (χ0n) is 19.2. The van der Waals surface area contributed by atoms with Crippen LogP contribution in [0.1, 0.15) is 59.2 Å². The molecule has 2 unspecified atom stereocenters. The number of hydrogen-bond donors (Lipinski definition) is 1. The van der Waals surface area contributed by atoms with E-state index < -0.39 is 35.8 Å². The number of nitrogens with zero attached hydrogens (tertiary/aromatic N) is 5. The van der Waals surface area contributed by atoms with Crippen LogP contribution >= 0.6 is 0 Å². The first-order chi connectivity index (χ1) is 17.1. The standard InChI is InChI=1S/C24H20F4N6O2/c1-12-11-33(13(2)20-30-32-23(34(12)20)24(26,27)28)22(36)17-9-14(7-8-18(17)25)10-19-15-5-3-4-6-16(15)21(35)31-29-19/h3-9,12-13H,10-11H2,1-2H3,(H,31,35). The van der Waals surface area contributed by atoms with Gasteiger partial charge >= 0.3 is 6.18 Å². The highest BCUT2D eigenvalue weighted by molar-refractivity contribution is 5.95. The lowest BCUT2D eigenvalue weighted by atomic mass is 10.0. The van der Waals surface area contributed by atoms with Crippen molar-refractivity contribution in [3.05, 3.63) is 87.1 Å². The Labute approximate surface area is 201 Å². The van der Waals surface area contributed by atoms with E-state index in [1.165, 1.54) is 36.9 Å². The van der Waals surface area contributed by atoms with Crippen molar-refractivity contribution in [3.63, 3.8) is 0 Å². The summed E-state index contributed by atoms with van der Waals surface area (Å²) in [6, 6.07) is 9.38. The predicted molar refractivity (Wildman–Crippen MR) is 121 cm³/mol. The maximum Gasteiger partial charge on any atom is 0.451 e. The fourth-order valence-corrected chi connectivity index (χ4v) is 4.64. The first-order valence-electron chi connectivity index (χ1n) is 11.1. The summed E-state index contributed by atoms with van der Waals surface area (Å²) >= 11 is 0. The Morgan fingerprint density at radius 1 is 1.11 bits per heavy atom. The number of alkyl halides is 3. The lowest BCUT2D eigenvalue weighted by Gasteiger charge is -2.37. The molecule has 2 aromatic carbocycles. The Morgan fingerprint density at radius 3 is 2.56 bits per heavy atom. The SMILES string of the molecule is CC1c2nnc(C(F)(F)F)n2C(C)CN1C(=O)c1cc(Cc2n[nH]c(=O)c3ccccc23)ccc1F. The molecule has 4 aromatic rings. The highest BCUT2D eigenvalue weighted by Crippen LogP contribution is 2.37. The molecule has 12 heteroatoms. The number of rotatable bonds is 3. The van der Waals surface area contributed by atoms with Crippen molar-refractivity contribution in [2.24, 2.45) is 0 Å². The molecule has 1 aliphatic rings. The first kappa shape index (κ1) is 23.6. The third-order valence-electron chi connectivity index (χ3n) is 6.39. The largest absolute Gasteiger partial charge is 0.451 e. The summed E-state index contributed by atoms with van der Waals surface area (Å²) < 4.78 is 55.8. The lowest BCUT2D eigenvalue weighted by Crippen LogP contribution is -2.44. The Morgan fingerprint density at radius 2 is 1.83 bits per heavy atom. The summed E-state index contributed by atoms with van der Waals surface area (Å²) in [5, 5.41) is 14.6. The van der Waals surface area contributed by atoms with Crippen LogP contribution in [0.5, 0.6) is 0 Å². The molecule has 5 rings (SSSR count). The number of hydrogen-bond acceptors (Lipinski definition) is 5. The number of aromatic nitrogens is 5. The van der Waals surface area contributed by atoms with Gasteiger partial charge in [-0.25, -0.2) is 9.49 Å². The van der Waals surface area contributed by atoms with E-state index in [1.807, 2.05) is 0 Å². The van der Waals surface area contributed by atoms with Gasteiger partial charge in [0.1, 0.15) is 5.82 Å². The fraction of sp³-hybridized carbons (Fsp3) is 0.292. The van der Waals surface area contributed by atoms with Crippen LogP contribution in [-0.2, 0) is 12.6 Å². The second-order valence-electron chi connectivity index (χ2n) is 8.77. The van der Waals surface area contributed by atoms with Crippen LogP contribution in [0, 0.1) is 5.82 Å². The van der Waals surface area contributed by atoms with Crippen molar-refractivity contribution < 1.29 is 22.4 Å². The quantitative estimate of drug-likeness (QED) is 0.429. The smallest absolute Gasteiger partial charge is 0.327 e. The van der Waals surface area contributed by atoms with Gasteiger partial charge in [-0.2, -0.15) is 18.3 Å². The van der Waals surface area contributed by atoms with Gasteiger partial charge in [0, 0.05) is 18.4 Å². The zero-order chi connectivity index (χ0) is 25.8. The van der Waals surface area contributed by atoms with E-state index in [-0.39, 0.29) is 29.9 Å². The number of carbonyl (C=O) groups excluding carboxylic acids is 1. The van der Waals surface area contributed by atoms with Gasteiger partial charge in [0.15, 0.2) is 5.82 Å². The molecule has 36 heavy (non-hydrogen) atoms. The van der Waals surface area contributed by atoms with Crippen molar-refractivity contribution in [2.75, 3.05) is 6.54 Å². The summed E-state index contributed by atoms with van der Waals surface area (Å²) in [6.07, 6.45) is -4.47. The normalized spacial score (nSPS) is 17.9. The third-order valence-corrected chi connectivity index (χ3v) is 6.39. The molecular formula is C24H20F4N6O2. The molecule has 0 saturated carbocycles. The molecule has 1 aliphatic heterocycles. The number of aromatic amines is 1. The Balaban J connectivity index is 1.47. The minimum Gasteiger partial charge on any atom is -0.327 e. The monoisotopic (exact) mass is 500 g/mol. The summed E-state index contributed by atoms with van der Waals surface area (Å²) in [6.45, 7) is 2.97. The van der Waals surface area contributed by atoms with Crippen LogP contribution in [0.15, 0.2) is 47.3 Å². The molecule has 186 valence electrons. The average Bonchev–Trinajstić information content (AvgIpc) is 3.31. The van der Waals surface area contributed by atoms with Gasteiger partial charge in [-0.3, -0.25) is 9.59 Å². The molecular weight excluding hydrogens is 480 g/mol. The fourth-order valence-electron chi connectivity index (χ4n) is 4.64. The lowest BCUT2D eigenvalue weighted by molar-refractivity contribution is -0.148. The highest BCUT2D eigenvalue weighted by Gasteiger charge is 2.44. The van der Waals surface area contributed by atoms with E-state index >= 15 is 0 Å². The van der Waals surface area contributed by atoms with Crippen LogP contribution in [0.3, 0.4) is 0 Å². The number of fused-ring (bicyclic) bond motifs is 2. The van der Waals surface area contributed by atoms with E-state index in [4.69, 9.17) is 0 Å². The van der Waals surface area contributed by atoms with Crippen LogP contribution in [0.4, 0.5) is 17.6 Å². The van der Waals surface area contributed by atoms with Crippen molar-refractivity contribution in [1.82, 2.24) is 29.9 Å². The number of carbonyl (C=O) groups is 1. The number of H-pyrrole nitrogens is 1. The molecule has 0 aliphatic carbocycles. The summed E-state index contributed by atoms with van der Waals surface area (Å²) in [5.74, 6) is -2.57. The maximum atomic E-state index is 14.8. The van der Waals surface area contributed by atoms with Gasteiger partial charge in [0.25, 0.3) is 11.5 Å². The molecule has 1 N–H and O–H groups in total. The molecule has 8 nitrogen and oxygen atoms in total.